The normalized spacial score (nSPS) is 9.40. The van der Waals surface area contributed by atoms with Crippen LogP contribution in [0.2, 0.25) is 0 Å². The van der Waals surface area contributed by atoms with Gasteiger partial charge in [0.05, 0.1) is 7.11 Å². The van der Waals surface area contributed by atoms with Crippen LogP contribution in [-0.2, 0) is 6.04 Å². The minimum Gasteiger partial charge on any atom is -0.496 e. The van der Waals surface area contributed by atoms with Gasteiger partial charge < -0.3 is 4.74 Å². The Morgan fingerprint density at radius 3 is 2.60 bits per heavy atom. The molecule has 0 saturated carbocycles. The molecular weight excluding hydrogens is 140 g/mol. The number of benzene rings is 1. The highest BCUT2D eigenvalue weighted by Gasteiger charge is 1.95. The maximum absolute atomic E-state index is 5.11. The lowest BCUT2D eigenvalue weighted by Gasteiger charge is -2.03. The third-order valence-corrected chi connectivity index (χ3v) is 1.76. The third kappa shape index (κ3) is 1.39. The van der Waals surface area contributed by atoms with E-state index in [-0.39, 0.29) is 0 Å². The topological polar surface area (TPSA) is 9.23 Å². The highest BCUT2D eigenvalue weighted by molar-refractivity contribution is 6.08. The molecule has 0 aromatic heterocycles. The summed E-state index contributed by atoms with van der Waals surface area (Å²) in [7, 11) is 5.10. The Morgan fingerprint density at radius 2 is 2.10 bits per heavy atom. The first-order valence-electron chi connectivity index (χ1n) is 3.15. The first-order valence-corrected chi connectivity index (χ1v) is 3.85. The summed E-state index contributed by atoms with van der Waals surface area (Å²) in [5, 5.41) is 0. The van der Waals surface area contributed by atoms with Gasteiger partial charge in [0, 0.05) is 10.2 Å². The lowest BCUT2D eigenvalue weighted by Crippen LogP contribution is -1.90. The molecular formula is C8H9OSi. The number of hydrogen-bond acceptors (Lipinski definition) is 1. The van der Waals surface area contributed by atoms with Crippen LogP contribution < -0.4 is 4.74 Å². The molecule has 1 aromatic rings. The molecule has 0 fully saturated rings. The van der Waals surface area contributed by atoms with Gasteiger partial charge in [0.25, 0.3) is 0 Å². The van der Waals surface area contributed by atoms with E-state index in [1.54, 1.807) is 7.11 Å². The monoisotopic (exact) mass is 149 g/mol. The number of hydrogen-bond donors (Lipinski definition) is 0. The largest absolute Gasteiger partial charge is 0.496 e. The average Bonchev–Trinajstić information content (AvgIpc) is 2.04. The number of methoxy groups -OCH3 is 1. The molecule has 10 heavy (non-hydrogen) atoms. The number of ether oxygens (including phenoxy) is 1. The van der Waals surface area contributed by atoms with E-state index in [1.807, 2.05) is 24.3 Å². The van der Waals surface area contributed by atoms with Gasteiger partial charge in [0.1, 0.15) is 5.75 Å². The Bertz CT molecular complexity index is 187. The van der Waals surface area contributed by atoms with E-state index in [0.29, 0.717) is 0 Å². The lowest BCUT2D eigenvalue weighted by molar-refractivity contribution is 0.411. The quantitative estimate of drug-likeness (QED) is 0.577. The van der Waals surface area contributed by atoms with Gasteiger partial charge >= 0.3 is 0 Å². The van der Waals surface area contributed by atoms with E-state index in [2.05, 4.69) is 10.2 Å². The van der Waals surface area contributed by atoms with Crippen LogP contribution in [0.3, 0.4) is 0 Å². The van der Waals surface area contributed by atoms with Crippen molar-refractivity contribution in [3.63, 3.8) is 0 Å². The first-order chi connectivity index (χ1) is 4.88. The Morgan fingerprint density at radius 1 is 1.40 bits per heavy atom. The van der Waals surface area contributed by atoms with Crippen molar-refractivity contribution in [2.75, 3.05) is 7.11 Å². The molecule has 3 radical (unpaired) electrons. The first kappa shape index (κ1) is 7.35. The average molecular weight is 149 g/mol. The molecule has 0 N–H and O–H groups in total. The molecule has 0 heterocycles. The summed E-state index contributed by atoms with van der Waals surface area (Å²) in [6.07, 6.45) is 0. The van der Waals surface area contributed by atoms with Crippen molar-refractivity contribution < 1.29 is 4.74 Å². The zero-order valence-corrected chi connectivity index (χ0v) is 6.92. The second kappa shape index (κ2) is 3.42. The standard InChI is InChI=1S/C8H9OSi/c1-9-8-5-3-2-4-7(8)6-10/h2-5H,6H2,1H3. The van der Waals surface area contributed by atoms with Crippen LogP contribution in [0.5, 0.6) is 5.75 Å². The summed E-state index contributed by atoms with van der Waals surface area (Å²) in [5.74, 6) is 0.942. The Hall–Kier alpha value is -0.763. The van der Waals surface area contributed by atoms with Gasteiger partial charge in [0.2, 0.25) is 0 Å². The predicted molar refractivity (Wildman–Crippen MR) is 42.5 cm³/mol. The van der Waals surface area contributed by atoms with Crippen LogP contribution in [0.25, 0.3) is 0 Å². The predicted octanol–water partition coefficient (Wildman–Crippen LogP) is 1.36. The van der Waals surface area contributed by atoms with Crippen LogP contribution in [0.4, 0.5) is 0 Å². The number of rotatable bonds is 2. The van der Waals surface area contributed by atoms with E-state index in [0.717, 1.165) is 11.8 Å². The van der Waals surface area contributed by atoms with Gasteiger partial charge in [-0.3, -0.25) is 0 Å². The fraction of sp³-hybridized carbons (Fsp3) is 0.250. The minimum atomic E-state index is 0.837. The zero-order valence-electron chi connectivity index (χ0n) is 5.92. The molecule has 0 saturated heterocycles. The van der Waals surface area contributed by atoms with Gasteiger partial charge in [-0.15, -0.1) is 0 Å². The van der Waals surface area contributed by atoms with Crippen molar-refractivity contribution in [3.05, 3.63) is 29.8 Å². The minimum absolute atomic E-state index is 0.837. The zero-order chi connectivity index (χ0) is 7.40. The van der Waals surface area contributed by atoms with E-state index < -0.39 is 0 Å². The van der Waals surface area contributed by atoms with Crippen molar-refractivity contribution in [3.8, 4) is 5.75 Å². The smallest absolute Gasteiger partial charge is 0.121 e. The van der Waals surface area contributed by atoms with Crippen molar-refractivity contribution in [1.82, 2.24) is 0 Å². The molecule has 0 spiro atoms. The summed E-state index contributed by atoms with van der Waals surface area (Å²) >= 11 is 0. The summed E-state index contributed by atoms with van der Waals surface area (Å²) in [6, 6.07) is 8.79. The van der Waals surface area contributed by atoms with Crippen molar-refractivity contribution >= 4 is 10.2 Å². The van der Waals surface area contributed by atoms with Crippen LogP contribution in [0.1, 0.15) is 5.56 Å². The van der Waals surface area contributed by atoms with E-state index in [4.69, 9.17) is 4.74 Å². The van der Waals surface area contributed by atoms with Gasteiger partial charge in [-0.2, -0.15) is 0 Å². The van der Waals surface area contributed by atoms with Gasteiger partial charge in [0.15, 0.2) is 0 Å². The molecule has 0 aliphatic heterocycles. The van der Waals surface area contributed by atoms with Crippen LogP contribution in [0, 0.1) is 0 Å². The van der Waals surface area contributed by atoms with Crippen LogP contribution >= 0.6 is 0 Å². The molecule has 0 unspecified atom stereocenters. The van der Waals surface area contributed by atoms with E-state index in [1.165, 1.54) is 5.56 Å². The summed E-state index contributed by atoms with van der Waals surface area (Å²) in [4.78, 5) is 0. The van der Waals surface area contributed by atoms with Crippen LogP contribution in [-0.4, -0.2) is 17.4 Å². The fourth-order valence-electron chi connectivity index (χ4n) is 0.849. The van der Waals surface area contributed by atoms with Crippen molar-refractivity contribution in [2.24, 2.45) is 0 Å². The highest BCUT2D eigenvalue weighted by atomic mass is 28.1. The summed E-state index contributed by atoms with van der Waals surface area (Å²) < 4.78 is 5.11. The molecule has 1 rings (SSSR count). The molecule has 1 aromatic carbocycles. The van der Waals surface area contributed by atoms with Crippen LogP contribution in [0.15, 0.2) is 24.3 Å². The van der Waals surface area contributed by atoms with E-state index >= 15 is 0 Å². The molecule has 51 valence electrons. The third-order valence-electron chi connectivity index (χ3n) is 1.38. The molecule has 0 atom stereocenters. The molecule has 1 nitrogen and oxygen atoms in total. The van der Waals surface area contributed by atoms with Gasteiger partial charge in [-0.25, -0.2) is 0 Å². The van der Waals surface area contributed by atoms with Crippen molar-refractivity contribution in [2.45, 2.75) is 6.04 Å². The molecule has 0 aliphatic carbocycles. The molecule has 0 aliphatic rings. The number of para-hydroxylation sites is 1. The Labute approximate surface area is 64.4 Å². The second-order valence-corrected chi connectivity index (χ2v) is 2.34. The lowest BCUT2D eigenvalue weighted by atomic mass is 10.2. The Balaban J connectivity index is 2.96. The van der Waals surface area contributed by atoms with Gasteiger partial charge in [-0.05, 0) is 17.7 Å². The summed E-state index contributed by atoms with van der Waals surface area (Å²) in [6.45, 7) is 0. The fourth-order valence-corrected chi connectivity index (χ4v) is 1.14. The Kier molecular flexibility index (Phi) is 2.51. The molecule has 0 amide bonds. The highest BCUT2D eigenvalue weighted by Crippen LogP contribution is 2.15. The molecule has 0 bridgehead atoms. The maximum atomic E-state index is 5.11. The summed E-state index contributed by atoms with van der Waals surface area (Å²) in [5.41, 5.74) is 1.18. The van der Waals surface area contributed by atoms with E-state index in [9.17, 15) is 0 Å². The van der Waals surface area contributed by atoms with Crippen molar-refractivity contribution in [1.29, 1.82) is 0 Å². The SMILES string of the molecule is COc1ccccc1C[Si]. The second-order valence-electron chi connectivity index (χ2n) is 1.99. The molecule has 2 heteroatoms. The van der Waals surface area contributed by atoms with Gasteiger partial charge in [-0.1, -0.05) is 18.2 Å². The maximum Gasteiger partial charge on any atom is 0.121 e.